The Morgan fingerprint density at radius 3 is 2.83 bits per heavy atom. The van der Waals surface area contributed by atoms with Crippen molar-refractivity contribution < 1.29 is 4.74 Å². The molecule has 0 heterocycles. The van der Waals surface area contributed by atoms with Crippen LogP contribution in [0.1, 0.15) is 0 Å². The molecule has 0 spiro atoms. The summed E-state index contributed by atoms with van der Waals surface area (Å²) in [5.74, 6) is 0.195. The Morgan fingerprint density at radius 2 is 2.33 bits per heavy atom. The highest BCUT2D eigenvalue weighted by molar-refractivity contribution is 14.1. The van der Waals surface area contributed by atoms with Crippen LogP contribution in [0, 0.1) is 20.3 Å². The SMILES string of the molecule is COc1c(I)ccc(Br)c1N/N=C(\C#N)C(=N)N. The van der Waals surface area contributed by atoms with Gasteiger partial charge in [-0.25, -0.2) is 0 Å². The van der Waals surface area contributed by atoms with Crippen molar-refractivity contribution in [2.75, 3.05) is 12.5 Å². The van der Waals surface area contributed by atoms with Gasteiger partial charge in [-0.2, -0.15) is 10.4 Å². The van der Waals surface area contributed by atoms with Crippen LogP contribution in [0.3, 0.4) is 0 Å². The van der Waals surface area contributed by atoms with Crippen molar-refractivity contribution in [3.63, 3.8) is 0 Å². The number of methoxy groups -OCH3 is 1. The first-order valence-electron chi connectivity index (χ1n) is 4.61. The minimum Gasteiger partial charge on any atom is -0.493 e. The minimum absolute atomic E-state index is 0.192. The molecule has 0 aromatic heterocycles. The molecular formula is C10H9BrIN5O. The van der Waals surface area contributed by atoms with Gasteiger partial charge in [0.15, 0.2) is 11.6 Å². The second-order valence-electron chi connectivity index (χ2n) is 3.04. The molecule has 0 saturated carbocycles. The molecule has 6 nitrogen and oxygen atoms in total. The van der Waals surface area contributed by atoms with Crippen molar-refractivity contribution in [2.24, 2.45) is 10.8 Å². The van der Waals surface area contributed by atoms with Gasteiger partial charge in [0.25, 0.3) is 0 Å². The maximum absolute atomic E-state index is 8.74. The van der Waals surface area contributed by atoms with Crippen LogP contribution >= 0.6 is 38.5 Å². The number of ether oxygens (including phenoxy) is 1. The van der Waals surface area contributed by atoms with Gasteiger partial charge in [0.05, 0.1) is 10.7 Å². The third-order valence-corrected chi connectivity index (χ3v) is 3.41. The first kappa shape index (κ1) is 14.7. The number of nitrogens with one attached hydrogen (secondary N) is 2. The Bertz CT molecular complexity index is 552. The molecule has 0 fully saturated rings. The summed E-state index contributed by atoms with van der Waals surface area (Å²) in [6, 6.07) is 5.41. The van der Waals surface area contributed by atoms with Gasteiger partial charge in [0.2, 0.25) is 5.71 Å². The second kappa shape index (κ2) is 6.55. The molecule has 0 aliphatic carbocycles. The number of benzene rings is 1. The van der Waals surface area contributed by atoms with Gasteiger partial charge in [-0.15, -0.1) is 0 Å². The zero-order valence-corrected chi connectivity index (χ0v) is 13.0. The molecule has 4 N–H and O–H groups in total. The number of rotatable bonds is 4. The van der Waals surface area contributed by atoms with Gasteiger partial charge in [-0.05, 0) is 50.7 Å². The van der Waals surface area contributed by atoms with Gasteiger partial charge in [0, 0.05) is 4.47 Å². The number of nitriles is 1. The number of halogens is 2. The summed E-state index contributed by atoms with van der Waals surface area (Å²) in [4.78, 5) is 0. The van der Waals surface area contributed by atoms with Gasteiger partial charge in [-0.3, -0.25) is 10.8 Å². The lowest BCUT2D eigenvalue weighted by Gasteiger charge is -2.11. The van der Waals surface area contributed by atoms with Crippen molar-refractivity contribution in [1.29, 1.82) is 10.7 Å². The minimum atomic E-state index is -0.397. The molecule has 94 valence electrons. The topological polar surface area (TPSA) is 107 Å². The highest BCUT2D eigenvalue weighted by Crippen LogP contribution is 2.36. The van der Waals surface area contributed by atoms with Crippen molar-refractivity contribution in [1.82, 2.24) is 0 Å². The second-order valence-corrected chi connectivity index (χ2v) is 5.05. The fourth-order valence-corrected chi connectivity index (χ4v) is 2.16. The number of nitrogens with zero attached hydrogens (tertiary/aromatic N) is 2. The molecular weight excluding hydrogens is 413 g/mol. The van der Waals surface area contributed by atoms with E-state index in [4.69, 9.17) is 21.1 Å². The van der Waals surface area contributed by atoms with Crippen molar-refractivity contribution in [3.05, 3.63) is 20.2 Å². The van der Waals surface area contributed by atoms with E-state index in [-0.39, 0.29) is 5.71 Å². The predicted octanol–water partition coefficient (Wildman–Crippen LogP) is 2.29. The van der Waals surface area contributed by atoms with Gasteiger partial charge in [-0.1, -0.05) is 0 Å². The number of hydrogen-bond acceptors (Lipinski definition) is 5. The summed E-state index contributed by atoms with van der Waals surface area (Å²) in [7, 11) is 1.54. The van der Waals surface area contributed by atoms with E-state index in [2.05, 4.69) is 49.0 Å². The average molecular weight is 422 g/mol. The number of nitrogens with two attached hydrogens (primary N) is 1. The number of anilines is 1. The van der Waals surface area contributed by atoms with Crippen molar-refractivity contribution in [2.45, 2.75) is 0 Å². The molecule has 0 radical (unpaired) electrons. The third kappa shape index (κ3) is 3.33. The van der Waals surface area contributed by atoms with E-state index in [1.807, 2.05) is 12.1 Å². The maximum atomic E-state index is 8.74. The summed E-state index contributed by atoms with van der Waals surface area (Å²) in [5.41, 5.74) is 8.25. The number of amidine groups is 1. The highest BCUT2D eigenvalue weighted by atomic mass is 127. The Labute approximate surface area is 126 Å². The van der Waals surface area contributed by atoms with Crippen LogP contribution < -0.4 is 15.9 Å². The van der Waals surface area contributed by atoms with Gasteiger partial charge < -0.3 is 10.5 Å². The van der Waals surface area contributed by atoms with Crippen LogP contribution in [0.4, 0.5) is 5.69 Å². The molecule has 0 aliphatic heterocycles. The molecule has 18 heavy (non-hydrogen) atoms. The lowest BCUT2D eigenvalue weighted by Crippen LogP contribution is -2.22. The van der Waals surface area contributed by atoms with Crippen LogP contribution in [0.25, 0.3) is 0 Å². The highest BCUT2D eigenvalue weighted by Gasteiger charge is 2.11. The van der Waals surface area contributed by atoms with E-state index < -0.39 is 5.84 Å². The van der Waals surface area contributed by atoms with E-state index in [9.17, 15) is 0 Å². The zero-order chi connectivity index (χ0) is 13.7. The fraction of sp³-hybridized carbons (Fsp3) is 0.100. The van der Waals surface area contributed by atoms with Crippen molar-refractivity contribution in [3.8, 4) is 11.8 Å². The quantitative estimate of drug-likeness (QED) is 0.300. The molecule has 1 rings (SSSR count). The Kier molecular flexibility index (Phi) is 5.36. The van der Waals surface area contributed by atoms with Crippen LogP contribution in [-0.2, 0) is 0 Å². The largest absolute Gasteiger partial charge is 0.493 e. The summed E-state index contributed by atoms with van der Waals surface area (Å²) >= 11 is 5.46. The van der Waals surface area contributed by atoms with Crippen molar-refractivity contribution >= 4 is 55.8 Å². The monoisotopic (exact) mass is 421 g/mol. The molecule has 1 aromatic rings. The molecule has 0 aliphatic rings. The van der Waals surface area contributed by atoms with Gasteiger partial charge >= 0.3 is 0 Å². The summed E-state index contributed by atoms with van der Waals surface area (Å²) in [6.07, 6.45) is 0. The van der Waals surface area contributed by atoms with Gasteiger partial charge in [0.1, 0.15) is 11.8 Å². The molecule has 8 heteroatoms. The first-order valence-corrected chi connectivity index (χ1v) is 6.48. The van der Waals surface area contributed by atoms with E-state index in [1.165, 1.54) is 7.11 Å². The van der Waals surface area contributed by atoms with E-state index in [0.717, 1.165) is 8.04 Å². The molecule has 1 aromatic carbocycles. The molecule has 0 saturated heterocycles. The summed E-state index contributed by atoms with van der Waals surface area (Å²) < 4.78 is 6.86. The first-order chi connectivity index (χ1) is 8.51. The standard InChI is InChI=1S/C10H9BrIN5O/c1-18-9-6(12)3-2-5(11)8(9)17-16-7(4-13)10(14)15/h2-3,17H,1H3,(H3,14,15)/b16-7+. The Balaban J connectivity index is 3.16. The number of hydrazone groups is 1. The Morgan fingerprint density at radius 1 is 1.67 bits per heavy atom. The van der Waals surface area contributed by atoms with Crippen LogP contribution in [-0.4, -0.2) is 18.7 Å². The summed E-state index contributed by atoms with van der Waals surface area (Å²) in [6.45, 7) is 0. The summed E-state index contributed by atoms with van der Waals surface area (Å²) in [5, 5.41) is 19.7. The Hall–Kier alpha value is -1.34. The lowest BCUT2D eigenvalue weighted by molar-refractivity contribution is 0.413. The third-order valence-electron chi connectivity index (χ3n) is 1.90. The molecule has 0 unspecified atom stereocenters. The zero-order valence-electron chi connectivity index (χ0n) is 9.29. The molecule has 0 atom stereocenters. The molecule has 0 bridgehead atoms. The van der Waals surface area contributed by atoms with Crippen LogP contribution in [0.15, 0.2) is 21.7 Å². The maximum Gasteiger partial charge on any atom is 0.201 e. The lowest BCUT2D eigenvalue weighted by atomic mass is 10.3. The van der Waals surface area contributed by atoms with E-state index in [1.54, 1.807) is 6.07 Å². The van der Waals surface area contributed by atoms with Crippen LogP contribution in [0.5, 0.6) is 5.75 Å². The van der Waals surface area contributed by atoms with E-state index >= 15 is 0 Å². The molecule has 0 amide bonds. The normalized spacial score (nSPS) is 10.7. The number of hydrogen-bond donors (Lipinski definition) is 3. The van der Waals surface area contributed by atoms with Crippen LogP contribution in [0.2, 0.25) is 0 Å². The smallest absolute Gasteiger partial charge is 0.201 e. The predicted molar refractivity (Wildman–Crippen MR) is 82.0 cm³/mol. The van der Waals surface area contributed by atoms with E-state index in [0.29, 0.717) is 11.4 Å². The fourth-order valence-electron chi connectivity index (χ4n) is 1.09. The average Bonchev–Trinajstić information content (AvgIpc) is 2.33.